The molecular weight excluding hydrogens is 630 g/mol. The number of nitrogens with one attached hydrogen (secondary N) is 1. The maximum Gasteiger partial charge on any atom is 0.490 e. The van der Waals surface area contributed by atoms with Gasteiger partial charge < -0.3 is 34.6 Å². The van der Waals surface area contributed by atoms with Crippen molar-refractivity contribution in [3.8, 4) is 11.1 Å². The molecule has 0 atom stereocenters. The Balaban J connectivity index is 0.000000440. The van der Waals surface area contributed by atoms with E-state index in [2.05, 4.69) is 49.7 Å². The molecule has 46 heavy (non-hydrogen) atoms. The van der Waals surface area contributed by atoms with Gasteiger partial charge in [0.25, 0.3) is 5.91 Å². The summed E-state index contributed by atoms with van der Waals surface area (Å²) in [7, 11) is 0. The number of carboxylic acids is 2. The summed E-state index contributed by atoms with van der Waals surface area (Å²) in [5.74, 6) is -4.09. The fraction of sp³-hybridized carbons (Fsp3) is 0.607. The van der Waals surface area contributed by atoms with E-state index in [0.717, 1.165) is 68.5 Å². The number of carboxylic acid groups (broad SMARTS) is 2. The summed E-state index contributed by atoms with van der Waals surface area (Å²) in [5.41, 5.74) is 2.66. The minimum atomic E-state index is -5.08. The van der Waals surface area contributed by atoms with Gasteiger partial charge in [0.1, 0.15) is 5.69 Å². The molecule has 2 aromatic heterocycles. The Morgan fingerprint density at radius 3 is 1.93 bits per heavy atom. The third-order valence-electron chi connectivity index (χ3n) is 6.86. The average Bonchev–Trinajstić information content (AvgIpc) is 3.73. The largest absolute Gasteiger partial charge is 0.490 e. The smallest absolute Gasteiger partial charge is 0.475 e. The van der Waals surface area contributed by atoms with Gasteiger partial charge in [-0.25, -0.2) is 19.6 Å². The molecule has 0 aromatic carbocycles. The molecule has 0 radical (unpaired) electrons. The first-order chi connectivity index (χ1) is 21.6. The van der Waals surface area contributed by atoms with Gasteiger partial charge in [-0.15, -0.1) is 0 Å². The molecule has 3 N–H and O–H groups in total. The average molecular weight is 669 g/mol. The van der Waals surface area contributed by atoms with Crippen LogP contribution in [0.3, 0.4) is 0 Å². The highest BCUT2D eigenvalue weighted by atomic mass is 19.4. The van der Waals surface area contributed by atoms with Crippen molar-refractivity contribution in [3.63, 3.8) is 0 Å². The topological polar surface area (TPSA) is 150 Å². The highest BCUT2D eigenvalue weighted by Crippen LogP contribution is 2.32. The quantitative estimate of drug-likeness (QED) is 0.238. The second-order valence-electron chi connectivity index (χ2n) is 10.3. The van der Waals surface area contributed by atoms with Crippen LogP contribution in [0.4, 0.5) is 32.3 Å². The summed E-state index contributed by atoms with van der Waals surface area (Å²) < 4.78 is 71.0. The lowest BCUT2D eigenvalue weighted by atomic mass is 10.2. The lowest BCUT2D eigenvalue weighted by molar-refractivity contribution is -0.193. The molecule has 4 rings (SSSR count). The van der Waals surface area contributed by atoms with Gasteiger partial charge in [-0.2, -0.15) is 26.3 Å². The Labute approximate surface area is 261 Å². The van der Waals surface area contributed by atoms with E-state index in [1.165, 1.54) is 12.8 Å². The van der Waals surface area contributed by atoms with E-state index in [4.69, 9.17) is 24.5 Å². The number of carbonyl (C=O) groups is 3. The number of aromatic nitrogens is 3. The number of carbonyl (C=O) groups excluding carboxylic acids is 1. The predicted octanol–water partition coefficient (Wildman–Crippen LogP) is 3.92. The Kier molecular flexibility index (Phi) is 14.7. The monoisotopic (exact) mass is 668 g/mol. The van der Waals surface area contributed by atoms with Crippen LogP contribution in [0.15, 0.2) is 24.7 Å². The standard InChI is InChI=1S/C24H36N6O2.2C2HF3O2/c1-3-28(4-2)9-5-8-25-23(31)22-14-20(18-30(22)17-19-6-7-19)21-15-26-24(27-16-21)29-10-12-32-13-11-29;2*3-2(4,5)1(6)7/h14-16,18-19H,3-13,17H2,1-2H3,(H,25,31);2*(H,6,7). The molecule has 2 aliphatic rings. The van der Waals surface area contributed by atoms with Crippen molar-refractivity contribution in [1.82, 2.24) is 24.8 Å². The fourth-order valence-corrected chi connectivity index (χ4v) is 4.12. The molecule has 2 aromatic rings. The van der Waals surface area contributed by atoms with Crippen LogP contribution < -0.4 is 10.2 Å². The van der Waals surface area contributed by atoms with E-state index >= 15 is 0 Å². The van der Waals surface area contributed by atoms with Gasteiger partial charge in [-0.1, -0.05) is 13.8 Å². The lowest BCUT2D eigenvalue weighted by Crippen LogP contribution is -2.37. The van der Waals surface area contributed by atoms with Crippen molar-refractivity contribution >= 4 is 23.8 Å². The molecule has 0 bridgehead atoms. The molecule has 3 heterocycles. The van der Waals surface area contributed by atoms with Gasteiger partial charge in [0.05, 0.1) is 13.2 Å². The Hall–Kier alpha value is -3.93. The summed E-state index contributed by atoms with van der Waals surface area (Å²) in [5, 5.41) is 17.4. The zero-order valence-electron chi connectivity index (χ0n) is 25.4. The van der Waals surface area contributed by atoms with Crippen LogP contribution in [0, 0.1) is 5.92 Å². The van der Waals surface area contributed by atoms with Crippen molar-refractivity contribution in [3.05, 3.63) is 30.4 Å². The maximum absolute atomic E-state index is 13.0. The van der Waals surface area contributed by atoms with Gasteiger partial charge in [-0.05, 0) is 50.9 Å². The molecule has 2 fully saturated rings. The van der Waals surface area contributed by atoms with Crippen LogP contribution in [0.25, 0.3) is 11.1 Å². The molecule has 0 unspecified atom stereocenters. The molecule has 1 saturated carbocycles. The van der Waals surface area contributed by atoms with Crippen molar-refractivity contribution in [1.29, 1.82) is 0 Å². The maximum atomic E-state index is 13.0. The second-order valence-corrected chi connectivity index (χ2v) is 10.3. The van der Waals surface area contributed by atoms with Crippen molar-refractivity contribution in [2.24, 2.45) is 5.92 Å². The van der Waals surface area contributed by atoms with E-state index < -0.39 is 24.3 Å². The number of hydrogen-bond donors (Lipinski definition) is 3. The van der Waals surface area contributed by atoms with Crippen LogP contribution in [-0.4, -0.2) is 112 Å². The molecule has 0 spiro atoms. The number of alkyl halides is 6. The summed E-state index contributed by atoms with van der Waals surface area (Å²) in [6.07, 6.45) is -0.914. The van der Waals surface area contributed by atoms with E-state index in [1.807, 2.05) is 18.5 Å². The summed E-state index contributed by atoms with van der Waals surface area (Å²) >= 11 is 0. The van der Waals surface area contributed by atoms with Gasteiger partial charge in [0.2, 0.25) is 5.95 Å². The Bertz CT molecular complexity index is 1230. The Morgan fingerprint density at radius 2 is 1.48 bits per heavy atom. The molecule has 258 valence electrons. The molecule has 1 aliphatic heterocycles. The number of aliphatic carboxylic acids is 2. The van der Waals surface area contributed by atoms with Gasteiger partial charge in [0.15, 0.2) is 0 Å². The summed E-state index contributed by atoms with van der Waals surface area (Å²) in [6.45, 7) is 12.1. The number of ether oxygens (including phenoxy) is 1. The third kappa shape index (κ3) is 13.2. The number of morpholine rings is 1. The number of halogens is 6. The van der Waals surface area contributed by atoms with E-state index in [9.17, 15) is 31.1 Å². The highest BCUT2D eigenvalue weighted by Gasteiger charge is 2.39. The van der Waals surface area contributed by atoms with Crippen molar-refractivity contribution < 1.29 is 55.7 Å². The molecule has 18 heteroatoms. The van der Waals surface area contributed by atoms with Gasteiger partial charge in [0, 0.05) is 55.9 Å². The fourth-order valence-electron chi connectivity index (χ4n) is 4.12. The minimum absolute atomic E-state index is 0.00213. The number of rotatable bonds is 11. The number of anilines is 1. The molecule has 1 amide bonds. The minimum Gasteiger partial charge on any atom is -0.475 e. The molecule has 1 saturated heterocycles. The van der Waals surface area contributed by atoms with Crippen LogP contribution in [0.2, 0.25) is 0 Å². The number of nitrogens with zero attached hydrogens (tertiary/aromatic N) is 5. The zero-order valence-corrected chi connectivity index (χ0v) is 25.4. The molecule has 12 nitrogen and oxygen atoms in total. The van der Waals surface area contributed by atoms with Gasteiger partial charge in [-0.3, -0.25) is 4.79 Å². The summed E-state index contributed by atoms with van der Waals surface area (Å²) in [6, 6.07) is 1.98. The van der Waals surface area contributed by atoms with Crippen LogP contribution in [0.1, 0.15) is 43.6 Å². The lowest BCUT2D eigenvalue weighted by Gasteiger charge is -2.26. The van der Waals surface area contributed by atoms with Crippen LogP contribution in [0.5, 0.6) is 0 Å². The van der Waals surface area contributed by atoms with Crippen molar-refractivity contribution in [2.75, 3.05) is 57.4 Å². The number of amides is 1. The normalized spacial score (nSPS) is 14.9. The highest BCUT2D eigenvalue weighted by molar-refractivity contribution is 5.94. The zero-order chi connectivity index (χ0) is 34.5. The van der Waals surface area contributed by atoms with Gasteiger partial charge >= 0.3 is 24.3 Å². The molecule has 1 aliphatic carbocycles. The second kappa shape index (κ2) is 17.7. The predicted molar refractivity (Wildman–Crippen MR) is 153 cm³/mol. The first-order valence-electron chi connectivity index (χ1n) is 14.5. The summed E-state index contributed by atoms with van der Waals surface area (Å²) in [4.78, 5) is 44.4. The number of hydrogen-bond acceptors (Lipinski definition) is 8. The van der Waals surface area contributed by atoms with Crippen molar-refractivity contribution in [2.45, 2.75) is 52.0 Å². The van der Waals surface area contributed by atoms with Crippen LogP contribution >= 0.6 is 0 Å². The Morgan fingerprint density at radius 1 is 0.957 bits per heavy atom. The SMILES string of the molecule is CCN(CC)CCCNC(=O)c1cc(-c2cnc(N3CCOCC3)nc2)cn1CC1CC1.O=C(O)C(F)(F)F.O=C(O)C(F)(F)F. The first kappa shape index (κ1) is 38.3. The molecular formula is C28H38F6N6O6. The van der Waals surface area contributed by atoms with E-state index in [1.54, 1.807) is 0 Å². The van der Waals surface area contributed by atoms with E-state index in [0.29, 0.717) is 25.7 Å². The third-order valence-corrected chi connectivity index (χ3v) is 6.86. The first-order valence-corrected chi connectivity index (χ1v) is 14.5. The van der Waals surface area contributed by atoms with Crippen LogP contribution in [-0.2, 0) is 20.9 Å². The van der Waals surface area contributed by atoms with E-state index in [-0.39, 0.29) is 5.91 Å².